The molecule has 1 N–H and O–H groups in total. The molecule has 1 atom stereocenters. The minimum atomic E-state index is -0.720. The lowest BCUT2D eigenvalue weighted by atomic mass is 10.1. The summed E-state index contributed by atoms with van der Waals surface area (Å²) in [7, 11) is 0. The third kappa shape index (κ3) is 4.16. The number of carbonyl (C=O) groups is 2. The van der Waals surface area contributed by atoms with Crippen molar-refractivity contribution in [3.63, 3.8) is 0 Å². The highest BCUT2D eigenvalue weighted by atomic mass is 16.6. The van der Waals surface area contributed by atoms with Gasteiger partial charge in [-0.2, -0.15) is 0 Å². The van der Waals surface area contributed by atoms with E-state index in [9.17, 15) is 9.59 Å². The minimum absolute atomic E-state index is 0.592. The highest BCUT2D eigenvalue weighted by Crippen LogP contribution is 2.15. The normalized spacial score (nSPS) is 12.7. The van der Waals surface area contributed by atoms with Crippen LogP contribution in [0.5, 0.6) is 0 Å². The molecule has 0 saturated heterocycles. The first-order valence-electron chi connectivity index (χ1n) is 5.69. The zero-order chi connectivity index (χ0) is 13.8. The monoisotopic (exact) mass is 250 g/mol. The van der Waals surface area contributed by atoms with Crippen LogP contribution < -0.4 is 5.32 Å². The van der Waals surface area contributed by atoms with Crippen molar-refractivity contribution in [2.45, 2.75) is 39.3 Å². The Morgan fingerprint density at radius 2 is 2.17 bits per heavy atom. The molecule has 18 heavy (non-hydrogen) atoms. The van der Waals surface area contributed by atoms with Gasteiger partial charge in [-0.3, -0.25) is 4.98 Å². The number of nitrogens with zero attached hydrogens (tertiary/aromatic N) is 1. The number of nitrogens with one attached hydrogen (secondary N) is 1. The number of hydrogen-bond acceptors (Lipinski definition) is 4. The van der Waals surface area contributed by atoms with Gasteiger partial charge in [0, 0.05) is 12.4 Å². The van der Waals surface area contributed by atoms with Crippen molar-refractivity contribution in [2.75, 3.05) is 0 Å². The molecule has 1 rings (SSSR count). The first kappa shape index (κ1) is 14.2. The number of ether oxygens (including phenoxy) is 1. The third-order valence-electron chi connectivity index (χ3n) is 2.21. The summed E-state index contributed by atoms with van der Waals surface area (Å²) in [4.78, 5) is 26.6. The van der Waals surface area contributed by atoms with Crippen LogP contribution in [0, 0.1) is 6.92 Å². The summed E-state index contributed by atoms with van der Waals surface area (Å²) < 4.78 is 5.11. The van der Waals surface area contributed by atoms with E-state index < -0.39 is 17.7 Å². The van der Waals surface area contributed by atoms with Gasteiger partial charge >= 0.3 is 6.09 Å². The van der Waals surface area contributed by atoms with E-state index in [0.29, 0.717) is 11.8 Å². The molecule has 0 aliphatic carbocycles. The molecule has 0 bridgehead atoms. The molecule has 0 saturated carbocycles. The lowest BCUT2D eigenvalue weighted by Gasteiger charge is -2.22. The highest BCUT2D eigenvalue weighted by molar-refractivity contribution is 5.74. The van der Waals surface area contributed by atoms with E-state index in [4.69, 9.17) is 4.74 Å². The van der Waals surface area contributed by atoms with Crippen LogP contribution in [0.2, 0.25) is 0 Å². The number of hydrogen-bond donors (Lipinski definition) is 1. The molecule has 1 aromatic rings. The van der Waals surface area contributed by atoms with Gasteiger partial charge in [-0.25, -0.2) is 4.79 Å². The molecule has 5 nitrogen and oxygen atoms in total. The zero-order valence-electron chi connectivity index (χ0n) is 11.1. The number of aldehydes is 1. The van der Waals surface area contributed by atoms with E-state index in [1.165, 1.54) is 0 Å². The Labute approximate surface area is 107 Å². The van der Waals surface area contributed by atoms with Crippen LogP contribution in [-0.2, 0) is 9.53 Å². The molecule has 0 radical (unpaired) electrons. The fraction of sp³-hybridized carbons (Fsp3) is 0.462. The second kappa shape index (κ2) is 5.62. The molecule has 0 aliphatic rings. The van der Waals surface area contributed by atoms with Crippen LogP contribution >= 0.6 is 0 Å². The summed E-state index contributed by atoms with van der Waals surface area (Å²) >= 11 is 0. The smallest absolute Gasteiger partial charge is 0.408 e. The molecule has 0 fully saturated rings. The van der Waals surface area contributed by atoms with Crippen LogP contribution in [0.4, 0.5) is 4.79 Å². The number of amides is 1. The standard InChI is InChI=1S/C13H18N2O3/c1-9-7-14-6-5-10(9)11(8-16)15-12(17)18-13(2,3)4/h5-8,11H,1-4H3,(H,15,17). The van der Waals surface area contributed by atoms with E-state index in [2.05, 4.69) is 10.3 Å². The van der Waals surface area contributed by atoms with Crippen LogP contribution in [0.25, 0.3) is 0 Å². The van der Waals surface area contributed by atoms with Crippen molar-refractivity contribution in [3.05, 3.63) is 29.6 Å². The largest absolute Gasteiger partial charge is 0.444 e. The second-order valence-corrected chi connectivity index (χ2v) is 4.99. The number of alkyl carbamates (subject to hydrolysis) is 1. The van der Waals surface area contributed by atoms with Gasteiger partial charge in [0.25, 0.3) is 0 Å². The number of aromatic nitrogens is 1. The Morgan fingerprint density at radius 3 is 2.67 bits per heavy atom. The van der Waals surface area contributed by atoms with Gasteiger partial charge in [0.1, 0.15) is 17.9 Å². The summed E-state index contributed by atoms with van der Waals surface area (Å²) in [6, 6.07) is 0.981. The van der Waals surface area contributed by atoms with Crippen molar-refractivity contribution in [1.29, 1.82) is 0 Å². The van der Waals surface area contributed by atoms with Gasteiger partial charge in [-0.05, 0) is 44.9 Å². The molecule has 1 heterocycles. The van der Waals surface area contributed by atoms with Crippen molar-refractivity contribution in [1.82, 2.24) is 10.3 Å². The molecule has 5 heteroatoms. The molecule has 1 aromatic heterocycles. The number of aryl methyl sites for hydroxylation is 1. The minimum Gasteiger partial charge on any atom is -0.444 e. The maximum absolute atomic E-state index is 11.6. The molecule has 0 aromatic carbocycles. The van der Waals surface area contributed by atoms with E-state index in [-0.39, 0.29) is 0 Å². The van der Waals surface area contributed by atoms with E-state index in [1.54, 1.807) is 39.2 Å². The molecule has 0 spiro atoms. The van der Waals surface area contributed by atoms with Crippen molar-refractivity contribution >= 4 is 12.4 Å². The molecule has 1 amide bonds. The van der Waals surface area contributed by atoms with E-state index in [0.717, 1.165) is 5.56 Å². The van der Waals surface area contributed by atoms with Crippen molar-refractivity contribution in [3.8, 4) is 0 Å². The zero-order valence-corrected chi connectivity index (χ0v) is 11.1. The Balaban J connectivity index is 2.78. The highest BCUT2D eigenvalue weighted by Gasteiger charge is 2.20. The SMILES string of the molecule is Cc1cnccc1C(C=O)NC(=O)OC(C)(C)C. The summed E-state index contributed by atoms with van der Waals surface area (Å²) in [5.74, 6) is 0. The third-order valence-corrected chi connectivity index (χ3v) is 2.21. The molecular weight excluding hydrogens is 232 g/mol. The Morgan fingerprint density at radius 1 is 1.50 bits per heavy atom. The van der Waals surface area contributed by atoms with Gasteiger partial charge in [0.05, 0.1) is 0 Å². The second-order valence-electron chi connectivity index (χ2n) is 4.99. The summed E-state index contributed by atoms with van der Waals surface area (Å²) in [5.41, 5.74) is 0.960. The maximum Gasteiger partial charge on any atom is 0.408 e. The van der Waals surface area contributed by atoms with Crippen LogP contribution in [-0.4, -0.2) is 23.0 Å². The number of rotatable bonds is 3. The lowest BCUT2D eigenvalue weighted by Crippen LogP contribution is -2.35. The van der Waals surface area contributed by atoms with Gasteiger partial charge in [0.15, 0.2) is 0 Å². The van der Waals surface area contributed by atoms with E-state index in [1.807, 2.05) is 6.92 Å². The van der Waals surface area contributed by atoms with Gasteiger partial charge in [0.2, 0.25) is 0 Å². The summed E-state index contributed by atoms with van der Waals surface area (Å²) in [6.45, 7) is 7.12. The maximum atomic E-state index is 11.6. The van der Waals surface area contributed by atoms with Crippen LogP contribution in [0.15, 0.2) is 18.5 Å². The predicted molar refractivity (Wildman–Crippen MR) is 67.1 cm³/mol. The summed E-state index contributed by atoms with van der Waals surface area (Å²) in [6.07, 6.45) is 3.28. The summed E-state index contributed by atoms with van der Waals surface area (Å²) in [5, 5.41) is 2.52. The van der Waals surface area contributed by atoms with Gasteiger partial charge < -0.3 is 14.8 Å². The number of pyridine rings is 1. The van der Waals surface area contributed by atoms with Crippen molar-refractivity contribution < 1.29 is 14.3 Å². The fourth-order valence-electron chi connectivity index (χ4n) is 1.45. The van der Waals surface area contributed by atoms with Gasteiger partial charge in [-0.15, -0.1) is 0 Å². The predicted octanol–water partition coefficient (Wildman–Crippen LogP) is 2.15. The quantitative estimate of drug-likeness (QED) is 0.835. The van der Waals surface area contributed by atoms with Crippen LogP contribution in [0.1, 0.15) is 37.9 Å². The Bertz CT molecular complexity index is 438. The average molecular weight is 250 g/mol. The van der Waals surface area contributed by atoms with Crippen LogP contribution in [0.3, 0.4) is 0 Å². The fourth-order valence-corrected chi connectivity index (χ4v) is 1.45. The first-order valence-corrected chi connectivity index (χ1v) is 5.69. The Hall–Kier alpha value is -1.91. The first-order chi connectivity index (χ1) is 8.33. The molecule has 98 valence electrons. The topological polar surface area (TPSA) is 68.3 Å². The van der Waals surface area contributed by atoms with E-state index >= 15 is 0 Å². The van der Waals surface area contributed by atoms with Gasteiger partial charge in [-0.1, -0.05) is 0 Å². The molecule has 1 unspecified atom stereocenters. The lowest BCUT2D eigenvalue weighted by molar-refractivity contribution is -0.109. The number of carbonyl (C=O) groups excluding carboxylic acids is 2. The van der Waals surface area contributed by atoms with Crippen molar-refractivity contribution in [2.24, 2.45) is 0 Å². The average Bonchev–Trinajstić information content (AvgIpc) is 2.24. The molecule has 0 aliphatic heterocycles. The Kier molecular flexibility index (Phi) is 4.42. The molecular formula is C13H18N2O3.